The number of benzene rings is 1. The fourth-order valence-electron chi connectivity index (χ4n) is 3.87. The third kappa shape index (κ3) is 5.14. The molecule has 0 bridgehead atoms. The molecule has 1 fully saturated rings. The van der Waals surface area contributed by atoms with E-state index in [-0.39, 0.29) is 11.9 Å². The summed E-state index contributed by atoms with van der Waals surface area (Å²) in [6.45, 7) is 2.94. The van der Waals surface area contributed by atoms with Crippen LogP contribution in [0.2, 0.25) is 4.34 Å². The second-order valence-electron chi connectivity index (χ2n) is 8.11. The Bertz CT molecular complexity index is 1030. The molecule has 1 saturated heterocycles. The van der Waals surface area contributed by atoms with Crippen LogP contribution in [0.25, 0.3) is 0 Å². The van der Waals surface area contributed by atoms with E-state index in [0.717, 1.165) is 35.6 Å². The number of anilines is 1. The van der Waals surface area contributed by atoms with Crippen LogP contribution in [0.1, 0.15) is 40.1 Å². The van der Waals surface area contributed by atoms with Gasteiger partial charge in [0.15, 0.2) is 5.78 Å². The number of rotatable bonds is 7. The zero-order valence-electron chi connectivity index (χ0n) is 18.3. The van der Waals surface area contributed by atoms with Gasteiger partial charge in [-0.05, 0) is 24.6 Å². The summed E-state index contributed by atoms with van der Waals surface area (Å²) in [6.07, 6.45) is 1.54. The van der Waals surface area contributed by atoms with Crippen molar-refractivity contribution in [3.05, 3.63) is 50.7 Å². The lowest BCUT2D eigenvalue weighted by atomic mass is 9.97. The van der Waals surface area contributed by atoms with Crippen molar-refractivity contribution in [1.29, 1.82) is 5.41 Å². The molecule has 2 aliphatic rings. The molecule has 7 nitrogen and oxygen atoms in total. The van der Waals surface area contributed by atoms with Gasteiger partial charge in [-0.2, -0.15) is 0 Å². The summed E-state index contributed by atoms with van der Waals surface area (Å²) in [5.74, 6) is 0.542. The van der Waals surface area contributed by atoms with Gasteiger partial charge in [0, 0.05) is 56.8 Å². The maximum Gasteiger partial charge on any atom is 0.172 e. The summed E-state index contributed by atoms with van der Waals surface area (Å²) in [5.41, 5.74) is 3.80. The monoisotopic (exact) mass is 474 g/mol. The van der Waals surface area contributed by atoms with Crippen LogP contribution in [-0.2, 0) is 9.57 Å². The van der Waals surface area contributed by atoms with Gasteiger partial charge in [0.05, 0.1) is 28.1 Å². The fraction of sp³-hybridized carbons (Fsp3) is 0.435. The number of ketones is 1. The Morgan fingerprint density at radius 2 is 2.06 bits per heavy atom. The number of carbonyl (C=O) groups excluding carboxylic acids is 1. The van der Waals surface area contributed by atoms with E-state index in [1.165, 1.54) is 11.3 Å². The van der Waals surface area contributed by atoms with Gasteiger partial charge in [-0.15, -0.1) is 11.3 Å². The Balaban J connectivity index is 1.47. The number of nitrogens with one attached hydrogen (secondary N) is 1. The number of ether oxygens (including phenoxy) is 1. The number of thiophene rings is 1. The average molecular weight is 475 g/mol. The van der Waals surface area contributed by atoms with Gasteiger partial charge < -0.3 is 19.4 Å². The third-order valence-electron chi connectivity index (χ3n) is 5.66. The normalized spacial score (nSPS) is 18.3. The molecule has 0 amide bonds. The minimum Gasteiger partial charge on any atom is -0.392 e. The van der Waals surface area contributed by atoms with Crippen LogP contribution in [-0.4, -0.2) is 68.7 Å². The molecule has 2 aliphatic heterocycles. The lowest BCUT2D eigenvalue weighted by Crippen LogP contribution is -2.37. The second-order valence-corrected chi connectivity index (χ2v) is 9.82. The van der Waals surface area contributed by atoms with E-state index in [2.05, 4.69) is 16.1 Å². The number of halogens is 1. The summed E-state index contributed by atoms with van der Waals surface area (Å²) < 4.78 is 6.15. The Morgan fingerprint density at radius 3 is 2.75 bits per heavy atom. The van der Waals surface area contributed by atoms with Crippen molar-refractivity contribution < 1.29 is 14.4 Å². The smallest absolute Gasteiger partial charge is 0.172 e. The first-order chi connectivity index (χ1) is 15.4. The topological polar surface area (TPSA) is 78.2 Å². The Morgan fingerprint density at radius 1 is 1.28 bits per heavy atom. The highest BCUT2D eigenvalue weighted by Gasteiger charge is 2.27. The largest absolute Gasteiger partial charge is 0.392 e. The zero-order chi connectivity index (χ0) is 22.7. The maximum absolute atomic E-state index is 12.4. The van der Waals surface area contributed by atoms with Crippen LogP contribution in [0.15, 0.2) is 35.5 Å². The van der Waals surface area contributed by atoms with Crippen LogP contribution in [0.4, 0.5) is 5.69 Å². The molecule has 1 atom stereocenters. The van der Waals surface area contributed by atoms with E-state index in [0.29, 0.717) is 47.5 Å². The van der Waals surface area contributed by atoms with Gasteiger partial charge in [0.1, 0.15) is 11.9 Å². The first-order valence-corrected chi connectivity index (χ1v) is 11.9. The van der Waals surface area contributed by atoms with Gasteiger partial charge in [-0.1, -0.05) is 28.9 Å². The van der Waals surface area contributed by atoms with Crippen molar-refractivity contribution in [1.82, 2.24) is 4.90 Å². The number of oxime groups is 1. The SMILES string of the molecule is CN(C)C(=N)c1ccc(C2=NOC(CCC(=O)c3ccc(Cl)s3)C2)c(N2CCOCC2)c1. The Kier molecular flexibility index (Phi) is 7.13. The van der Waals surface area contributed by atoms with Gasteiger partial charge in [-0.3, -0.25) is 10.2 Å². The van der Waals surface area contributed by atoms with Crippen molar-refractivity contribution in [3.63, 3.8) is 0 Å². The number of hydrogen-bond acceptors (Lipinski definition) is 7. The Labute approximate surface area is 197 Å². The van der Waals surface area contributed by atoms with Crippen LogP contribution in [0.5, 0.6) is 0 Å². The minimum atomic E-state index is -0.123. The number of Topliss-reactive ketones (excluding diaryl/α,β-unsaturated/α-hetero) is 1. The van der Waals surface area contributed by atoms with E-state index in [4.69, 9.17) is 26.6 Å². The molecule has 1 aromatic carbocycles. The summed E-state index contributed by atoms with van der Waals surface area (Å²) in [4.78, 5) is 22.8. The summed E-state index contributed by atoms with van der Waals surface area (Å²) >= 11 is 7.25. The molecule has 0 radical (unpaired) electrons. The first kappa shape index (κ1) is 22.8. The van der Waals surface area contributed by atoms with E-state index in [9.17, 15) is 4.79 Å². The van der Waals surface area contributed by atoms with Crippen LogP contribution in [0.3, 0.4) is 0 Å². The number of nitrogens with zero attached hydrogens (tertiary/aromatic N) is 3. The number of carbonyl (C=O) groups is 1. The van der Waals surface area contributed by atoms with Gasteiger partial charge in [0.25, 0.3) is 0 Å². The van der Waals surface area contributed by atoms with Crippen molar-refractivity contribution in [2.75, 3.05) is 45.3 Å². The molecule has 1 N–H and O–H groups in total. The van der Waals surface area contributed by atoms with Crippen molar-refractivity contribution in [3.8, 4) is 0 Å². The highest BCUT2D eigenvalue weighted by Crippen LogP contribution is 2.30. The quantitative estimate of drug-likeness (QED) is 0.368. The number of hydrogen-bond donors (Lipinski definition) is 1. The predicted molar refractivity (Wildman–Crippen MR) is 129 cm³/mol. The summed E-state index contributed by atoms with van der Waals surface area (Å²) in [6, 6.07) is 9.57. The van der Waals surface area contributed by atoms with E-state index in [1.54, 1.807) is 17.0 Å². The highest BCUT2D eigenvalue weighted by molar-refractivity contribution is 7.18. The molecule has 0 spiro atoms. The van der Waals surface area contributed by atoms with Crippen molar-refractivity contribution in [2.45, 2.75) is 25.4 Å². The van der Waals surface area contributed by atoms with Crippen LogP contribution >= 0.6 is 22.9 Å². The second kappa shape index (κ2) is 10.0. The molecule has 32 heavy (non-hydrogen) atoms. The first-order valence-electron chi connectivity index (χ1n) is 10.7. The van der Waals surface area contributed by atoms with Gasteiger partial charge in [-0.25, -0.2) is 0 Å². The van der Waals surface area contributed by atoms with E-state index >= 15 is 0 Å². The molecule has 1 aromatic heterocycles. The molecule has 2 aromatic rings. The predicted octanol–water partition coefficient (Wildman–Crippen LogP) is 4.28. The average Bonchev–Trinajstić information content (AvgIpc) is 3.46. The molecule has 4 rings (SSSR count). The molecule has 0 aliphatic carbocycles. The fourth-order valence-corrected chi connectivity index (χ4v) is 4.88. The summed E-state index contributed by atoms with van der Waals surface area (Å²) in [5, 5.41) is 12.7. The van der Waals surface area contributed by atoms with Crippen LogP contribution in [0, 0.1) is 5.41 Å². The van der Waals surface area contributed by atoms with Gasteiger partial charge >= 0.3 is 0 Å². The summed E-state index contributed by atoms with van der Waals surface area (Å²) in [7, 11) is 3.74. The lowest BCUT2D eigenvalue weighted by Gasteiger charge is -2.31. The molecule has 9 heteroatoms. The standard InChI is InChI=1S/C23H27ClN4O3S/c1-27(2)23(25)15-3-5-17(19(13-15)28-9-11-30-12-10-28)18-14-16(31-26-18)4-6-20(29)21-7-8-22(24)32-21/h3,5,7-8,13,16,25H,4,6,9-12,14H2,1-2H3. The number of morpholine rings is 1. The molecular weight excluding hydrogens is 448 g/mol. The molecule has 1 unspecified atom stereocenters. The van der Waals surface area contributed by atoms with E-state index < -0.39 is 0 Å². The Hall–Kier alpha value is -2.42. The number of amidine groups is 1. The lowest BCUT2D eigenvalue weighted by molar-refractivity contribution is 0.0720. The maximum atomic E-state index is 12.4. The molecule has 170 valence electrons. The van der Waals surface area contributed by atoms with Crippen molar-refractivity contribution >= 4 is 46.0 Å². The van der Waals surface area contributed by atoms with Gasteiger partial charge in [0.2, 0.25) is 0 Å². The molecule has 3 heterocycles. The van der Waals surface area contributed by atoms with E-state index in [1.807, 2.05) is 26.2 Å². The third-order valence-corrected chi connectivity index (χ3v) is 6.93. The highest BCUT2D eigenvalue weighted by atomic mass is 35.5. The minimum absolute atomic E-state index is 0.0829. The van der Waals surface area contributed by atoms with Crippen LogP contribution < -0.4 is 4.90 Å². The molecule has 0 saturated carbocycles. The molecular formula is C23H27ClN4O3S. The van der Waals surface area contributed by atoms with Crippen molar-refractivity contribution in [2.24, 2.45) is 5.16 Å². The zero-order valence-corrected chi connectivity index (χ0v) is 19.8.